The molecule has 13 nitrogen and oxygen atoms in total. The van der Waals surface area contributed by atoms with Gasteiger partial charge in [-0.25, -0.2) is 4.79 Å². The van der Waals surface area contributed by atoms with Crippen LogP contribution in [0.5, 0.6) is 0 Å². The van der Waals surface area contributed by atoms with Crippen molar-refractivity contribution in [2.24, 2.45) is 0 Å². The summed E-state index contributed by atoms with van der Waals surface area (Å²) in [4.78, 5) is 8.56. The zero-order chi connectivity index (χ0) is 3.58. The van der Waals surface area contributed by atoms with Gasteiger partial charge < -0.3 is 65.0 Å². The van der Waals surface area contributed by atoms with E-state index in [9.17, 15) is 0 Å². The number of rotatable bonds is 0. The topological polar surface area (TPSA) is 373 Å². The Morgan fingerprint density at radius 2 is 0.533 bits per heavy atom. The van der Waals surface area contributed by atoms with Gasteiger partial charge in [0.1, 0.15) is 0 Å². The molecular weight excluding hydrogens is 259 g/mol. The second-order valence-corrected chi connectivity index (χ2v) is 0.283. The molecule has 0 heterocycles. The summed E-state index contributed by atoms with van der Waals surface area (Å²) in [6, 6.07) is 0. The molecule has 0 amide bonds. The molecule has 0 aromatic carbocycles. The zero-order valence-corrected chi connectivity index (χ0v) is 6.80. The van der Waals surface area contributed by atoms with Crippen LogP contribution in [0.25, 0.3) is 0 Å². The van der Waals surface area contributed by atoms with Crippen LogP contribution in [0.2, 0.25) is 0 Å². The third-order valence-electron chi connectivity index (χ3n) is 0. The molecule has 0 aliphatic heterocycles. The molecule has 0 fully saturated rings. The molecule has 0 unspecified atom stereocenters. The molecule has 0 aliphatic carbocycles. The van der Waals surface area contributed by atoms with Crippen molar-refractivity contribution in [2.45, 2.75) is 0 Å². The second-order valence-electron chi connectivity index (χ2n) is 0.283. The fourth-order valence-corrected chi connectivity index (χ4v) is 0. The minimum absolute atomic E-state index is 0. The first-order valence-electron chi connectivity index (χ1n) is 0.651. The Morgan fingerprint density at radius 3 is 0.533 bits per heavy atom. The monoisotopic (exact) mass is 282 g/mol. The number of hydrogen-bond donors (Lipinski definition) is 2. The van der Waals surface area contributed by atoms with Gasteiger partial charge in [0, 0.05) is 0 Å². The molecule has 0 aromatic rings. The molecule has 106 valence electrons. The van der Waals surface area contributed by atoms with Crippen molar-refractivity contribution < 1.29 is 69.8 Å². The van der Waals surface area contributed by atoms with Crippen LogP contribution in [0, 0.1) is 0 Å². The summed E-state index contributed by atoms with van der Waals surface area (Å²) in [7, 11) is 0. The molecule has 22 N–H and O–H groups in total. The fourth-order valence-electron chi connectivity index (χ4n) is 0. The van der Waals surface area contributed by atoms with Crippen molar-refractivity contribution in [1.82, 2.24) is 0 Å². The van der Waals surface area contributed by atoms with E-state index in [0.717, 1.165) is 0 Å². The predicted molar refractivity (Wildman–Crippen MR) is 53.9 cm³/mol. The molecule has 0 radical (unpaired) electrons. The van der Waals surface area contributed by atoms with E-state index >= 15 is 0 Å². The van der Waals surface area contributed by atoms with E-state index in [1.807, 2.05) is 0 Å². The standard InChI is InChI=1S/CH2O3.K.10H2O.H/c2-1(3)4;;;;;;;;;;;;/h(H2,2,3,4);;10*1H2;. The fraction of sp³-hybridized carbons (Fsp3) is 0. The molecule has 0 saturated carbocycles. The zero-order valence-electron chi connectivity index (χ0n) is 6.80. The Balaban J connectivity index is -0.000000000818. The number of hydrogen-bond acceptors (Lipinski definition) is 1. The molecule has 0 saturated heterocycles. The van der Waals surface area contributed by atoms with E-state index in [1.165, 1.54) is 0 Å². The molecular formula is CH23KO13. The van der Waals surface area contributed by atoms with Crippen molar-refractivity contribution in [3.05, 3.63) is 0 Å². The van der Waals surface area contributed by atoms with Gasteiger partial charge in [0.15, 0.2) is 0 Å². The van der Waals surface area contributed by atoms with Gasteiger partial charge in [-0.05, 0) is 0 Å². The van der Waals surface area contributed by atoms with Crippen molar-refractivity contribution in [3.63, 3.8) is 0 Å². The van der Waals surface area contributed by atoms with Crippen LogP contribution in [0.4, 0.5) is 4.79 Å². The van der Waals surface area contributed by atoms with Crippen LogP contribution >= 0.6 is 0 Å². The molecule has 0 aliphatic rings. The SMILES string of the molecule is O.O.O.O.O.O.O.O.O.O.O=C(O)O.[KH]. The molecule has 0 atom stereocenters. The van der Waals surface area contributed by atoms with E-state index < -0.39 is 6.16 Å². The van der Waals surface area contributed by atoms with Gasteiger partial charge in [-0.3, -0.25) is 0 Å². The molecule has 0 spiro atoms. The van der Waals surface area contributed by atoms with E-state index in [1.54, 1.807) is 0 Å². The van der Waals surface area contributed by atoms with Crippen LogP contribution in [-0.2, 0) is 0 Å². The van der Waals surface area contributed by atoms with Gasteiger partial charge in [0.05, 0.1) is 0 Å². The summed E-state index contributed by atoms with van der Waals surface area (Å²) in [5, 5.41) is 13.9. The average molecular weight is 282 g/mol. The van der Waals surface area contributed by atoms with Gasteiger partial charge in [-0.2, -0.15) is 0 Å². The Labute approximate surface area is 126 Å². The molecule has 14 heteroatoms. The van der Waals surface area contributed by atoms with Crippen LogP contribution in [0.1, 0.15) is 0 Å². The molecule has 0 aromatic heterocycles. The third-order valence-corrected chi connectivity index (χ3v) is 0. The molecule has 0 bridgehead atoms. The number of carboxylic acid groups (broad SMARTS) is 2. The third kappa shape index (κ3) is 8850. The van der Waals surface area contributed by atoms with Crippen molar-refractivity contribution >= 4 is 57.5 Å². The van der Waals surface area contributed by atoms with E-state index in [4.69, 9.17) is 15.0 Å². The minimum atomic E-state index is -1.83. The van der Waals surface area contributed by atoms with Gasteiger partial charge in [-0.1, -0.05) is 0 Å². The summed E-state index contributed by atoms with van der Waals surface area (Å²) in [6.07, 6.45) is -1.83. The summed E-state index contributed by atoms with van der Waals surface area (Å²) >= 11 is 0. The Morgan fingerprint density at radius 1 is 0.533 bits per heavy atom. The first-order valence-corrected chi connectivity index (χ1v) is 0.651. The van der Waals surface area contributed by atoms with Crippen LogP contribution < -0.4 is 0 Å². The first kappa shape index (κ1) is 265. The summed E-state index contributed by atoms with van der Waals surface area (Å²) < 4.78 is 0. The normalized spacial score (nSPS) is 1.60. The molecule has 0 rings (SSSR count). The van der Waals surface area contributed by atoms with E-state index in [-0.39, 0.29) is 106 Å². The maximum atomic E-state index is 8.56. The van der Waals surface area contributed by atoms with Crippen LogP contribution in [-0.4, -0.2) is 123 Å². The summed E-state index contributed by atoms with van der Waals surface area (Å²) in [5.74, 6) is 0. The predicted octanol–water partition coefficient (Wildman–Crippen LogP) is -8.67. The van der Waals surface area contributed by atoms with E-state index in [2.05, 4.69) is 0 Å². The second kappa shape index (κ2) is 215. The maximum absolute atomic E-state index is 8.56. The Hall–Kier alpha value is 0.506. The number of carbonyl (C=O) groups is 1. The summed E-state index contributed by atoms with van der Waals surface area (Å²) in [5.41, 5.74) is 0. The van der Waals surface area contributed by atoms with Crippen molar-refractivity contribution in [1.29, 1.82) is 0 Å². The first-order chi connectivity index (χ1) is 1.73. The van der Waals surface area contributed by atoms with Crippen LogP contribution in [0.3, 0.4) is 0 Å². The Bertz CT molecular complexity index is 33.5. The van der Waals surface area contributed by atoms with Crippen LogP contribution in [0.15, 0.2) is 0 Å². The quantitative estimate of drug-likeness (QED) is 0.408. The van der Waals surface area contributed by atoms with Gasteiger partial charge in [0.25, 0.3) is 0 Å². The van der Waals surface area contributed by atoms with Gasteiger partial charge in [0.2, 0.25) is 0 Å². The van der Waals surface area contributed by atoms with Crippen molar-refractivity contribution in [2.75, 3.05) is 0 Å². The Kier molecular flexibility index (Phi) is 3810. The van der Waals surface area contributed by atoms with Gasteiger partial charge >= 0.3 is 57.5 Å². The average Bonchev–Trinajstić information content (AvgIpc) is 0.811. The van der Waals surface area contributed by atoms with Crippen molar-refractivity contribution in [3.8, 4) is 0 Å². The molecule has 15 heavy (non-hydrogen) atoms. The van der Waals surface area contributed by atoms with Gasteiger partial charge in [-0.15, -0.1) is 0 Å². The summed E-state index contributed by atoms with van der Waals surface area (Å²) in [6.45, 7) is 0. The van der Waals surface area contributed by atoms with E-state index in [0.29, 0.717) is 0 Å².